The Morgan fingerprint density at radius 2 is 1.90 bits per heavy atom. The van der Waals surface area contributed by atoms with Gasteiger partial charge in [0.05, 0.1) is 5.56 Å². The quantitative estimate of drug-likeness (QED) is 0.870. The third-order valence-electron chi connectivity index (χ3n) is 2.81. The molecule has 3 nitrogen and oxygen atoms in total. The molecule has 2 aromatic rings. The molecule has 0 spiro atoms. The second kappa shape index (κ2) is 6.14. The van der Waals surface area contributed by atoms with Gasteiger partial charge in [-0.05, 0) is 29.8 Å². The minimum atomic E-state index is -2.50. The molecule has 0 amide bonds. The number of halogens is 2. The second-order valence-corrected chi connectivity index (χ2v) is 4.29. The molecule has 2 aromatic carbocycles. The van der Waals surface area contributed by atoms with E-state index >= 15 is 0 Å². The number of carbonyl (C=O) groups is 1. The Bertz CT molecular complexity index is 614. The van der Waals surface area contributed by atoms with Crippen LogP contribution in [-0.4, -0.2) is 11.1 Å². The molecule has 0 unspecified atom stereocenters. The van der Waals surface area contributed by atoms with Crippen molar-refractivity contribution in [2.75, 3.05) is 5.32 Å². The highest BCUT2D eigenvalue weighted by Gasteiger charge is 2.07. The number of hydrogen-bond donors (Lipinski definition) is 2. The molecule has 0 heterocycles. The summed E-state index contributed by atoms with van der Waals surface area (Å²) in [4.78, 5) is 10.8. The summed E-state index contributed by atoms with van der Waals surface area (Å²) in [5, 5.41) is 11.9. The predicted octanol–water partition coefficient (Wildman–Crippen LogP) is 3.93. The molecule has 104 valence electrons. The van der Waals surface area contributed by atoms with Gasteiger partial charge in [0.25, 0.3) is 6.43 Å². The molecule has 0 atom stereocenters. The smallest absolute Gasteiger partial charge is 0.335 e. The first-order valence-electron chi connectivity index (χ1n) is 6.00. The summed E-state index contributed by atoms with van der Waals surface area (Å²) in [5.41, 5.74) is 1.50. The summed E-state index contributed by atoms with van der Waals surface area (Å²) < 4.78 is 25.1. The van der Waals surface area contributed by atoms with E-state index in [2.05, 4.69) is 5.32 Å². The summed E-state index contributed by atoms with van der Waals surface area (Å²) in [6.45, 7) is 0.351. The van der Waals surface area contributed by atoms with Crippen molar-refractivity contribution in [3.63, 3.8) is 0 Å². The molecule has 20 heavy (non-hydrogen) atoms. The monoisotopic (exact) mass is 277 g/mol. The number of anilines is 1. The van der Waals surface area contributed by atoms with Gasteiger partial charge < -0.3 is 10.4 Å². The molecule has 0 aliphatic carbocycles. The zero-order chi connectivity index (χ0) is 14.5. The van der Waals surface area contributed by atoms with E-state index in [1.807, 2.05) is 0 Å². The first-order valence-corrected chi connectivity index (χ1v) is 6.00. The van der Waals surface area contributed by atoms with E-state index < -0.39 is 12.4 Å². The summed E-state index contributed by atoms with van der Waals surface area (Å²) in [6.07, 6.45) is -2.50. The molecule has 5 heteroatoms. The number of aromatic carboxylic acids is 1. The summed E-state index contributed by atoms with van der Waals surface area (Å²) in [7, 11) is 0. The second-order valence-electron chi connectivity index (χ2n) is 4.29. The first-order chi connectivity index (χ1) is 9.56. The average molecular weight is 277 g/mol. The number of carboxylic acids is 1. The standard InChI is InChI=1S/C15H13F2NO2/c16-14(17)11-4-1-3-10(7-11)9-18-13-6-2-5-12(8-13)15(19)20/h1-8,14,18H,9H2,(H,19,20). The van der Waals surface area contributed by atoms with Crippen molar-refractivity contribution in [1.29, 1.82) is 0 Å². The van der Waals surface area contributed by atoms with E-state index in [0.717, 1.165) is 0 Å². The highest BCUT2D eigenvalue weighted by atomic mass is 19.3. The van der Waals surface area contributed by atoms with Gasteiger partial charge in [-0.2, -0.15) is 0 Å². The molecule has 0 fully saturated rings. The first kappa shape index (κ1) is 14.0. The van der Waals surface area contributed by atoms with Crippen LogP contribution in [0.4, 0.5) is 14.5 Å². The predicted molar refractivity (Wildman–Crippen MR) is 72.1 cm³/mol. The Labute approximate surface area is 114 Å². The van der Waals surface area contributed by atoms with Crippen LogP contribution in [0.15, 0.2) is 48.5 Å². The summed E-state index contributed by atoms with van der Waals surface area (Å²) in [5.74, 6) is -1.01. The minimum absolute atomic E-state index is 0.0245. The van der Waals surface area contributed by atoms with Crippen molar-refractivity contribution >= 4 is 11.7 Å². The van der Waals surface area contributed by atoms with Gasteiger partial charge in [-0.15, -0.1) is 0 Å². The molecule has 0 aliphatic heterocycles. The molecular formula is C15H13F2NO2. The van der Waals surface area contributed by atoms with Gasteiger partial charge in [0, 0.05) is 17.8 Å². The van der Waals surface area contributed by atoms with E-state index in [9.17, 15) is 13.6 Å². The normalized spacial score (nSPS) is 10.6. The lowest BCUT2D eigenvalue weighted by molar-refractivity contribution is 0.0697. The highest BCUT2D eigenvalue weighted by molar-refractivity contribution is 5.88. The Morgan fingerprint density at radius 1 is 1.15 bits per heavy atom. The highest BCUT2D eigenvalue weighted by Crippen LogP contribution is 2.20. The molecule has 0 bridgehead atoms. The third kappa shape index (κ3) is 3.54. The fourth-order valence-corrected chi connectivity index (χ4v) is 1.81. The summed E-state index contributed by atoms with van der Waals surface area (Å²) in [6, 6.07) is 12.5. The molecular weight excluding hydrogens is 264 g/mol. The van der Waals surface area contributed by atoms with Crippen LogP contribution in [0.5, 0.6) is 0 Å². The zero-order valence-corrected chi connectivity index (χ0v) is 10.5. The van der Waals surface area contributed by atoms with Crippen LogP contribution in [0, 0.1) is 0 Å². The van der Waals surface area contributed by atoms with Crippen molar-refractivity contribution in [2.45, 2.75) is 13.0 Å². The zero-order valence-electron chi connectivity index (χ0n) is 10.5. The van der Waals surface area contributed by atoms with Crippen molar-refractivity contribution in [3.05, 3.63) is 65.2 Å². The van der Waals surface area contributed by atoms with Crippen LogP contribution in [0.1, 0.15) is 27.9 Å². The lowest BCUT2D eigenvalue weighted by atomic mass is 10.1. The van der Waals surface area contributed by atoms with Gasteiger partial charge in [-0.3, -0.25) is 0 Å². The van der Waals surface area contributed by atoms with Crippen molar-refractivity contribution in [3.8, 4) is 0 Å². The van der Waals surface area contributed by atoms with E-state index in [4.69, 9.17) is 5.11 Å². The maximum absolute atomic E-state index is 12.6. The lowest BCUT2D eigenvalue weighted by Crippen LogP contribution is -2.02. The van der Waals surface area contributed by atoms with Gasteiger partial charge in [-0.25, -0.2) is 13.6 Å². The van der Waals surface area contributed by atoms with E-state index in [1.54, 1.807) is 24.3 Å². The summed E-state index contributed by atoms with van der Waals surface area (Å²) >= 11 is 0. The van der Waals surface area contributed by atoms with Gasteiger partial charge in [0.1, 0.15) is 0 Å². The number of rotatable bonds is 5. The molecule has 0 saturated heterocycles. The van der Waals surface area contributed by atoms with E-state index in [1.165, 1.54) is 24.3 Å². The number of alkyl halides is 2. The van der Waals surface area contributed by atoms with E-state index in [0.29, 0.717) is 17.8 Å². The number of hydrogen-bond acceptors (Lipinski definition) is 2. The van der Waals surface area contributed by atoms with Crippen molar-refractivity contribution < 1.29 is 18.7 Å². The van der Waals surface area contributed by atoms with Crippen LogP contribution >= 0.6 is 0 Å². The van der Waals surface area contributed by atoms with Crippen LogP contribution in [0.25, 0.3) is 0 Å². The topological polar surface area (TPSA) is 49.3 Å². The number of benzene rings is 2. The number of carboxylic acid groups (broad SMARTS) is 1. The molecule has 0 aliphatic rings. The van der Waals surface area contributed by atoms with Gasteiger partial charge in [0.15, 0.2) is 0 Å². The molecule has 2 N–H and O–H groups in total. The maximum Gasteiger partial charge on any atom is 0.335 e. The average Bonchev–Trinajstić information content (AvgIpc) is 2.45. The Kier molecular flexibility index (Phi) is 4.30. The van der Waals surface area contributed by atoms with Crippen LogP contribution in [0.3, 0.4) is 0 Å². The Balaban J connectivity index is 2.07. The number of nitrogens with one attached hydrogen (secondary N) is 1. The van der Waals surface area contributed by atoms with E-state index in [-0.39, 0.29) is 11.1 Å². The SMILES string of the molecule is O=C(O)c1cccc(NCc2cccc(C(F)F)c2)c1. The van der Waals surface area contributed by atoms with Gasteiger partial charge in [0.2, 0.25) is 0 Å². The van der Waals surface area contributed by atoms with Gasteiger partial charge >= 0.3 is 5.97 Å². The van der Waals surface area contributed by atoms with Crippen LogP contribution < -0.4 is 5.32 Å². The fourth-order valence-electron chi connectivity index (χ4n) is 1.81. The van der Waals surface area contributed by atoms with Gasteiger partial charge in [-0.1, -0.05) is 24.3 Å². The van der Waals surface area contributed by atoms with Crippen molar-refractivity contribution in [2.24, 2.45) is 0 Å². The fraction of sp³-hybridized carbons (Fsp3) is 0.133. The molecule has 2 rings (SSSR count). The molecule has 0 saturated carbocycles. The van der Waals surface area contributed by atoms with Crippen molar-refractivity contribution in [1.82, 2.24) is 0 Å². The molecule has 0 aromatic heterocycles. The largest absolute Gasteiger partial charge is 0.478 e. The maximum atomic E-state index is 12.6. The lowest BCUT2D eigenvalue weighted by Gasteiger charge is -2.08. The minimum Gasteiger partial charge on any atom is -0.478 e. The molecule has 0 radical (unpaired) electrons. The third-order valence-corrected chi connectivity index (χ3v) is 2.81. The van der Waals surface area contributed by atoms with Crippen LogP contribution in [-0.2, 0) is 6.54 Å². The Morgan fingerprint density at radius 3 is 2.60 bits per heavy atom. The van der Waals surface area contributed by atoms with Crippen LogP contribution in [0.2, 0.25) is 0 Å². The Hall–Kier alpha value is -2.43.